The molecular weight excluding hydrogens is 466 g/mol. The predicted molar refractivity (Wildman–Crippen MR) is 152 cm³/mol. The van der Waals surface area contributed by atoms with E-state index in [1.165, 1.54) is 14.0 Å². The average Bonchev–Trinajstić information content (AvgIpc) is 2.84. The number of unbranched alkanes of at least 4 members (excludes halogenated alkanes) is 1. The minimum atomic E-state index is -0.784. The Kier molecular flexibility index (Phi) is 20.8. The number of methoxy groups -OCH3 is 1. The van der Waals surface area contributed by atoms with Crippen molar-refractivity contribution >= 4 is 17.7 Å². The van der Waals surface area contributed by atoms with E-state index in [0.717, 1.165) is 38.5 Å². The summed E-state index contributed by atoms with van der Waals surface area (Å²) in [6, 6.07) is 0. The van der Waals surface area contributed by atoms with Crippen molar-refractivity contribution < 1.29 is 23.9 Å². The van der Waals surface area contributed by atoms with Gasteiger partial charge in [0.2, 0.25) is 5.91 Å². The van der Waals surface area contributed by atoms with E-state index in [0.29, 0.717) is 12.8 Å². The standard InChI is InChI=1S/C31H49NO5/c1-6-7-8-9-10-11-12-13-14-15-16-17-18-19-20-21-22-23-28(34)37-26-31(3,4)29(36-5)30(35)32-25-24-27(2)33/h7-8,10-11,13-14,16-17,19-20,29H,6,9,12,15,18,21-26H2,1-5H3,(H,32,35)/b8-7-,11-10-,14-13-,17-16-,20-19-/t29-/m0/s1. The Morgan fingerprint density at radius 1 is 0.811 bits per heavy atom. The van der Waals surface area contributed by atoms with E-state index in [9.17, 15) is 14.4 Å². The van der Waals surface area contributed by atoms with Gasteiger partial charge in [-0.3, -0.25) is 14.4 Å². The van der Waals surface area contributed by atoms with E-state index in [4.69, 9.17) is 9.47 Å². The number of Topliss-reactive ketones (excluding diaryl/α,β-unsaturated/α-hetero) is 1. The van der Waals surface area contributed by atoms with Crippen LogP contribution in [0.2, 0.25) is 0 Å². The number of ether oxygens (including phenoxy) is 2. The number of carbonyl (C=O) groups is 3. The van der Waals surface area contributed by atoms with Crippen molar-refractivity contribution in [3.05, 3.63) is 60.8 Å². The van der Waals surface area contributed by atoms with Crippen molar-refractivity contribution in [3.63, 3.8) is 0 Å². The first-order chi connectivity index (χ1) is 17.7. The molecule has 0 saturated carbocycles. The van der Waals surface area contributed by atoms with Gasteiger partial charge in [0.25, 0.3) is 0 Å². The number of rotatable bonds is 21. The molecule has 0 aliphatic heterocycles. The first-order valence-electron chi connectivity index (χ1n) is 13.4. The molecule has 1 atom stereocenters. The van der Waals surface area contributed by atoms with Crippen LogP contribution in [0.3, 0.4) is 0 Å². The molecule has 6 heteroatoms. The summed E-state index contributed by atoms with van der Waals surface area (Å²) in [6.45, 7) is 7.59. The molecule has 0 aliphatic rings. The Morgan fingerprint density at radius 2 is 1.32 bits per heavy atom. The smallest absolute Gasteiger partial charge is 0.305 e. The number of ketones is 1. The lowest BCUT2D eigenvalue weighted by molar-refractivity contribution is -0.155. The Hall–Kier alpha value is -2.73. The molecule has 0 heterocycles. The molecular formula is C31H49NO5. The number of carbonyl (C=O) groups excluding carboxylic acids is 3. The number of amides is 1. The highest BCUT2D eigenvalue weighted by Crippen LogP contribution is 2.24. The number of esters is 1. The number of nitrogens with one attached hydrogen (secondary N) is 1. The molecule has 37 heavy (non-hydrogen) atoms. The summed E-state index contributed by atoms with van der Waals surface area (Å²) >= 11 is 0. The van der Waals surface area contributed by atoms with Gasteiger partial charge >= 0.3 is 5.97 Å². The highest BCUT2D eigenvalue weighted by Gasteiger charge is 2.36. The van der Waals surface area contributed by atoms with Crippen LogP contribution >= 0.6 is 0 Å². The van der Waals surface area contributed by atoms with E-state index in [1.54, 1.807) is 0 Å². The third kappa shape index (κ3) is 20.1. The fourth-order valence-corrected chi connectivity index (χ4v) is 3.38. The van der Waals surface area contributed by atoms with Gasteiger partial charge in [0.1, 0.15) is 11.9 Å². The molecule has 0 aromatic heterocycles. The maximum Gasteiger partial charge on any atom is 0.305 e. The van der Waals surface area contributed by atoms with Gasteiger partial charge in [-0.15, -0.1) is 0 Å². The molecule has 0 unspecified atom stereocenters. The zero-order chi connectivity index (χ0) is 27.8. The largest absolute Gasteiger partial charge is 0.465 e. The highest BCUT2D eigenvalue weighted by molar-refractivity contribution is 5.82. The Balaban J connectivity index is 4.03. The van der Waals surface area contributed by atoms with Crippen LogP contribution in [0, 0.1) is 5.41 Å². The lowest BCUT2D eigenvalue weighted by Crippen LogP contribution is -2.47. The molecule has 0 saturated heterocycles. The summed E-state index contributed by atoms with van der Waals surface area (Å²) in [5.74, 6) is -0.595. The summed E-state index contributed by atoms with van der Waals surface area (Å²) in [7, 11) is 1.45. The number of hydrogen-bond donors (Lipinski definition) is 1. The Morgan fingerprint density at radius 3 is 1.81 bits per heavy atom. The van der Waals surface area contributed by atoms with Crippen LogP contribution in [-0.4, -0.2) is 44.0 Å². The van der Waals surface area contributed by atoms with Crippen LogP contribution in [0.15, 0.2) is 60.8 Å². The van der Waals surface area contributed by atoms with Crippen molar-refractivity contribution in [3.8, 4) is 0 Å². The quantitative estimate of drug-likeness (QED) is 0.106. The van der Waals surface area contributed by atoms with Crippen molar-refractivity contribution in [2.75, 3.05) is 20.3 Å². The fourth-order valence-electron chi connectivity index (χ4n) is 3.38. The molecule has 0 spiro atoms. The number of allylic oxidation sites excluding steroid dienone is 10. The molecule has 0 fully saturated rings. The zero-order valence-corrected chi connectivity index (χ0v) is 23.7. The van der Waals surface area contributed by atoms with Crippen molar-refractivity contribution in [2.24, 2.45) is 5.41 Å². The Bertz CT molecular complexity index is 789. The zero-order valence-electron chi connectivity index (χ0n) is 23.7. The average molecular weight is 516 g/mol. The minimum Gasteiger partial charge on any atom is -0.465 e. The molecule has 6 nitrogen and oxygen atoms in total. The lowest BCUT2D eigenvalue weighted by atomic mass is 9.86. The van der Waals surface area contributed by atoms with Crippen molar-refractivity contribution in [1.82, 2.24) is 5.32 Å². The summed E-state index contributed by atoms with van der Waals surface area (Å²) < 4.78 is 10.8. The third-order valence-electron chi connectivity index (χ3n) is 5.47. The fraction of sp³-hybridized carbons (Fsp3) is 0.581. The summed E-state index contributed by atoms with van der Waals surface area (Å²) in [5, 5.41) is 2.70. The van der Waals surface area contributed by atoms with Gasteiger partial charge in [0, 0.05) is 31.9 Å². The molecule has 0 aliphatic carbocycles. The predicted octanol–water partition coefficient (Wildman–Crippen LogP) is 6.59. The summed E-state index contributed by atoms with van der Waals surface area (Å²) in [6.07, 6.45) is 27.8. The first-order valence-corrected chi connectivity index (χ1v) is 13.4. The van der Waals surface area contributed by atoms with Crippen LogP contribution < -0.4 is 5.32 Å². The van der Waals surface area contributed by atoms with Gasteiger partial charge in [-0.05, 0) is 51.9 Å². The van der Waals surface area contributed by atoms with Gasteiger partial charge in [-0.2, -0.15) is 0 Å². The normalized spacial score (nSPS) is 13.4. The van der Waals surface area contributed by atoms with Crippen LogP contribution in [0.1, 0.15) is 85.5 Å². The van der Waals surface area contributed by atoms with E-state index < -0.39 is 11.5 Å². The van der Waals surface area contributed by atoms with E-state index >= 15 is 0 Å². The monoisotopic (exact) mass is 515 g/mol. The summed E-state index contributed by atoms with van der Waals surface area (Å²) in [5.41, 5.74) is -0.700. The van der Waals surface area contributed by atoms with Gasteiger partial charge in [0.15, 0.2) is 0 Å². The minimum absolute atomic E-state index is 0.00652. The molecule has 1 N–H and O–H groups in total. The van der Waals surface area contributed by atoms with Crippen LogP contribution in [-0.2, 0) is 23.9 Å². The molecule has 0 aromatic carbocycles. The van der Waals surface area contributed by atoms with Crippen LogP contribution in [0.5, 0.6) is 0 Å². The van der Waals surface area contributed by atoms with Crippen molar-refractivity contribution in [1.29, 1.82) is 0 Å². The van der Waals surface area contributed by atoms with Crippen molar-refractivity contribution in [2.45, 2.75) is 91.6 Å². The number of hydrogen-bond acceptors (Lipinski definition) is 5. The molecule has 1 amide bonds. The lowest BCUT2D eigenvalue weighted by Gasteiger charge is -2.31. The molecule has 0 bridgehead atoms. The van der Waals surface area contributed by atoms with Gasteiger partial charge in [0.05, 0.1) is 6.61 Å². The topological polar surface area (TPSA) is 81.7 Å². The maximum atomic E-state index is 12.4. The van der Waals surface area contributed by atoms with Crippen LogP contribution in [0.25, 0.3) is 0 Å². The third-order valence-corrected chi connectivity index (χ3v) is 5.47. The molecule has 0 radical (unpaired) electrons. The van der Waals surface area contributed by atoms with Gasteiger partial charge < -0.3 is 14.8 Å². The Labute approximate surface area is 225 Å². The first kappa shape index (κ1) is 34.3. The maximum absolute atomic E-state index is 12.4. The molecule has 0 aromatic rings. The second-order valence-corrected chi connectivity index (χ2v) is 9.61. The second-order valence-electron chi connectivity index (χ2n) is 9.61. The summed E-state index contributed by atoms with van der Waals surface area (Å²) in [4.78, 5) is 35.6. The molecule has 208 valence electrons. The van der Waals surface area contributed by atoms with E-state index in [2.05, 4.69) is 73.0 Å². The highest BCUT2D eigenvalue weighted by atomic mass is 16.5. The van der Waals surface area contributed by atoms with Gasteiger partial charge in [-0.1, -0.05) is 81.5 Å². The molecule has 0 rings (SSSR count). The SMILES string of the molecule is CC/C=C\C/C=C\C/C=C\C/C=C\C/C=C\CCCC(=O)OCC(C)(C)[C@@H](OC)C(=O)NCCC(C)=O. The van der Waals surface area contributed by atoms with E-state index in [-0.39, 0.29) is 37.2 Å². The van der Waals surface area contributed by atoms with E-state index in [1.807, 2.05) is 13.8 Å². The second kappa shape index (κ2) is 22.5. The van der Waals surface area contributed by atoms with Gasteiger partial charge in [-0.25, -0.2) is 0 Å². The van der Waals surface area contributed by atoms with Crippen LogP contribution in [0.4, 0.5) is 0 Å².